The fourth-order valence-corrected chi connectivity index (χ4v) is 3.52. The van der Waals surface area contributed by atoms with E-state index in [1.807, 2.05) is 82.3 Å². The molecular weight excluding hydrogens is 428 g/mol. The molecule has 0 saturated carbocycles. The molecule has 4 rings (SSSR count). The Kier molecular flexibility index (Phi) is 12.3. The maximum Gasteiger partial charge on any atom is 0.304 e. The number of ether oxygens (including phenoxy) is 3. The topological polar surface area (TPSA) is 65.0 Å². The third-order valence-corrected chi connectivity index (χ3v) is 5.04. The van der Waals surface area contributed by atoms with Crippen molar-refractivity contribution in [3.05, 3.63) is 77.9 Å². The van der Waals surface area contributed by atoms with Crippen LogP contribution >= 0.6 is 0 Å². The predicted molar refractivity (Wildman–Crippen MR) is 139 cm³/mol. The standard InChI is InChI=1S/C24H22O5.2C2H6.CH4/c1-27-20-7-5-17(6-8-20)18-4-2-3-16(11-18)14-28-21-9-10-22-19(12-24(25)26)15-29-23(22)13-21;2*1-2;/h2-11,13,19H,12,14-15H2,1H3,(H,25,26);2*1-2H3;1H4/t19-;;;/m1.../s1. The van der Waals surface area contributed by atoms with Crippen molar-refractivity contribution in [1.29, 1.82) is 0 Å². The Morgan fingerprint density at radius 3 is 2.26 bits per heavy atom. The first kappa shape index (κ1) is 28.6. The van der Waals surface area contributed by atoms with Crippen molar-refractivity contribution in [2.24, 2.45) is 0 Å². The van der Waals surface area contributed by atoms with Crippen LogP contribution in [0.3, 0.4) is 0 Å². The van der Waals surface area contributed by atoms with Gasteiger partial charge in [-0.3, -0.25) is 4.79 Å². The van der Waals surface area contributed by atoms with E-state index in [0.717, 1.165) is 28.0 Å². The van der Waals surface area contributed by atoms with Crippen molar-refractivity contribution >= 4 is 5.97 Å². The summed E-state index contributed by atoms with van der Waals surface area (Å²) >= 11 is 0. The lowest BCUT2D eigenvalue weighted by atomic mass is 9.98. The Morgan fingerprint density at radius 2 is 1.62 bits per heavy atom. The Bertz CT molecular complexity index is 1010. The molecule has 0 saturated heterocycles. The summed E-state index contributed by atoms with van der Waals surface area (Å²) < 4.78 is 16.8. The highest BCUT2D eigenvalue weighted by atomic mass is 16.5. The van der Waals surface area contributed by atoms with Gasteiger partial charge in [-0.2, -0.15) is 0 Å². The van der Waals surface area contributed by atoms with Gasteiger partial charge in [-0.25, -0.2) is 0 Å². The SMILES string of the molecule is C.CC.CC.COc1ccc(-c2cccc(COc3ccc4c(c3)OC[C@H]4CC(=O)O)c2)cc1. The molecule has 1 aliphatic heterocycles. The predicted octanol–water partition coefficient (Wildman–Crippen LogP) is 7.58. The van der Waals surface area contributed by atoms with Crippen molar-refractivity contribution in [2.45, 2.75) is 54.1 Å². The quantitative estimate of drug-likeness (QED) is 0.389. The molecule has 5 nitrogen and oxygen atoms in total. The number of hydrogen-bond donors (Lipinski definition) is 1. The van der Waals surface area contributed by atoms with Crippen LogP contribution in [-0.2, 0) is 11.4 Å². The number of hydrogen-bond acceptors (Lipinski definition) is 4. The van der Waals surface area contributed by atoms with E-state index in [2.05, 4.69) is 12.1 Å². The first-order chi connectivity index (χ1) is 16.1. The van der Waals surface area contributed by atoms with Gasteiger partial charge in [0.25, 0.3) is 0 Å². The van der Waals surface area contributed by atoms with Crippen LogP contribution in [0.2, 0.25) is 0 Å². The lowest BCUT2D eigenvalue weighted by molar-refractivity contribution is -0.137. The van der Waals surface area contributed by atoms with Gasteiger partial charge in [0, 0.05) is 17.5 Å². The Labute approximate surface area is 204 Å². The third-order valence-electron chi connectivity index (χ3n) is 5.04. The third kappa shape index (κ3) is 7.55. The van der Waals surface area contributed by atoms with Gasteiger partial charge in [0.2, 0.25) is 0 Å². The first-order valence-electron chi connectivity index (χ1n) is 11.5. The Balaban J connectivity index is 0.00000110. The Hall–Kier alpha value is -3.47. The van der Waals surface area contributed by atoms with Crippen LogP contribution in [0.25, 0.3) is 11.1 Å². The first-order valence-corrected chi connectivity index (χ1v) is 11.5. The summed E-state index contributed by atoms with van der Waals surface area (Å²) in [4.78, 5) is 11.0. The van der Waals surface area contributed by atoms with Gasteiger partial charge in [-0.05, 0) is 41.0 Å². The summed E-state index contributed by atoms with van der Waals surface area (Å²) in [6.45, 7) is 8.83. The molecule has 1 atom stereocenters. The van der Waals surface area contributed by atoms with E-state index in [9.17, 15) is 4.79 Å². The van der Waals surface area contributed by atoms with E-state index in [4.69, 9.17) is 19.3 Å². The smallest absolute Gasteiger partial charge is 0.304 e. The number of rotatable bonds is 7. The number of carbonyl (C=O) groups is 1. The summed E-state index contributed by atoms with van der Waals surface area (Å²) in [5.74, 6) is 1.33. The van der Waals surface area contributed by atoms with Gasteiger partial charge < -0.3 is 19.3 Å². The zero-order valence-corrected chi connectivity index (χ0v) is 20.1. The van der Waals surface area contributed by atoms with Gasteiger partial charge in [0.05, 0.1) is 20.1 Å². The fraction of sp³-hybridized carbons (Fsp3) is 0.345. The lowest BCUT2D eigenvalue weighted by Crippen LogP contribution is -2.07. The summed E-state index contributed by atoms with van der Waals surface area (Å²) in [5, 5.41) is 9.01. The van der Waals surface area contributed by atoms with E-state index in [1.54, 1.807) is 7.11 Å². The number of carboxylic acids is 1. The van der Waals surface area contributed by atoms with E-state index in [0.29, 0.717) is 24.7 Å². The van der Waals surface area contributed by atoms with Gasteiger partial charge >= 0.3 is 5.97 Å². The molecule has 34 heavy (non-hydrogen) atoms. The van der Waals surface area contributed by atoms with Crippen LogP contribution in [0.1, 0.15) is 58.6 Å². The van der Waals surface area contributed by atoms with Crippen LogP contribution in [0.15, 0.2) is 66.7 Å². The minimum Gasteiger partial charge on any atom is -0.497 e. The molecule has 184 valence electrons. The van der Waals surface area contributed by atoms with Crippen LogP contribution in [0.5, 0.6) is 17.2 Å². The van der Waals surface area contributed by atoms with E-state index >= 15 is 0 Å². The normalized spacial score (nSPS) is 12.9. The van der Waals surface area contributed by atoms with Crippen LogP contribution in [-0.4, -0.2) is 24.8 Å². The maximum atomic E-state index is 11.0. The molecular formula is C29H38O5. The molecule has 0 radical (unpaired) electrons. The van der Waals surface area contributed by atoms with Crippen LogP contribution in [0.4, 0.5) is 0 Å². The largest absolute Gasteiger partial charge is 0.497 e. The molecule has 0 unspecified atom stereocenters. The van der Waals surface area contributed by atoms with Crippen LogP contribution < -0.4 is 14.2 Å². The molecule has 0 aromatic heterocycles. The molecule has 3 aromatic carbocycles. The van der Waals surface area contributed by atoms with Gasteiger partial charge in [0.15, 0.2) is 0 Å². The molecule has 0 spiro atoms. The van der Waals surface area contributed by atoms with Crippen molar-refractivity contribution in [3.63, 3.8) is 0 Å². The number of aliphatic carboxylic acids is 1. The van der Waals surface area contributed by atoms with E-state index in [-0.39, 0.29) is 19.8 Å². The van der Waals surface area contributed by atoms with E-state index < -0.39 is 5.97 Å². The van der Waals surface area contributed by atoms with Crippen molar-refractivity contribution < 1.29 is 24.1 Å². The summed E-state index contributed by atoms with van der Waals surface area (Å²) in [6.07, 6.45) is 0.0748. The fourth-order valence-electron chi connectivity index (χ4n) is 3.52. The highest BCUT2D eigenvalue weighted by molar-refractivity contribution is 5.69. The number of methoxy groups -OCH3 is 1. The highest BCUT2D eigenvalue weighted by Crippen LogP contribution is 2.38. The maximum absolute atomic E-state index is 11.0. The molecule has 1 aliphatic rings. The Morgan fingerprint density at radius 1 is 0.941 bits per heavy atom. The molecule has 1 heterocycles. The molecule has 0 amide bonds. The number of fused-ring (bicyclic) bond motifs is 1. The van der Waals surface area contributed by atoms with Gasteiger partial charge in [0.1, 0.15) is 23.9 Å². The van der Waals surface area contributed by atoms with Crippen molar-refractivity contribution in [2.75, 3.05) is 13.7 Å². The average molecular weight is 467 g/mol. The molecule has 3 aromatic rings. The van der Waals surface area contributed by atoms with Gasteiger partial charge in [-0.1, -0.05) is 71.5 Å². The minimum absolute atomic E-state index is 0. The molecule has 1 N–H and O–H groups in total. The monoisotopic (exact) mass is 466 g/mol. The zero-order valence-electron chi connectivity index (χ0n) is 20.1. The van der Waals surface area contributed by atoms with E-state index in [1.165, 1.54) is 0 Å². The lowest BCUT2D eigenvalue weighted by Gasteiger charge is -2.10. The number of carboxylic acid groups (broad SMARTS) is 1. The minimum atomic E-state index is -0.816. The highest BCUT2D eigenvalue weighted by Gasteiger charge is 2.26. The summed E-state index contributed by atoms with van der Waals surface area (Å²) in [5.41, 5.74) is 4.22. The summed E-state index contributed by atoms with van der Waals surface area (Å²) in [7, 11) is 1.66. The molecule has 0 fully saturated rings. The second-order valence-corrected chi connectivity index (χ2v) is 7.02. The van der Waals surface area contributed by atoms with Crippen LogP contribution in [0, 0.1) is 0 Å². The van der Waals surface area contributed by atoms with Gasteiger partial charge in [-0.15, -0.1) is 0 Å². The van der Waals surface area contributed by atoms with Crippen molar-refractivity contribution in [1.82, 2.24) is 0 Å². The molecule has 5 heteroatoms. The van der Waals surface area contributed by atoms with Crippen molar-refractivity contribution in [3.8, 4) is 28.4 Å². The molecule has 0 bridgehead atoms. The summed E-state index contributed by atoms with van der Waals surface area (Å²) in [6, 6.07) is 21.8. The average Bonchev–Trinajstić information content (AvgIpc) is 3.26. The second-order valence-electron chi connectivity index (χ2n) is 7.02. The molecule has 0 aliphatic carbocycles. The zero-order chi connectivity index (χ0) is 24.2. The number of benzene rings is 3. The second kappa shape index (κ2) is 14.6.